The van der Waals surface area contributed by atoms with Gasteiger partial charge in [-0.25, -0.2) is 4.98 Å². The second kappa shape index (κ2) is 5.26. The Balaban J connectivity index is 2.59. The van der Waals surface area contributed by atoms with Gasteiger partial charge in [0.05, 0.1) is 39.6 Å². The molecule has 0 unspecified atom stereocenters. The van der Waals surface area contributed by atoms with E-state index in [1.54, 1.807) is 30.3 Å². The third-order valence-corrected chi connectivity index (χ3v) is 3.10. The number of hydrogen-bond acceptors (Lipinski definition) is 3. The molecule has 2 aromatic rings. The molecular formula is C13H9Cl2N3. The predicted molar refractivity (Wildman–Crippen MR) is 73.4 cm³/mol. The summed E-state index contributed by atoms with van der Waals surface area (Å²) in [6, 6.07) is 10.7. The van der Waals surface area contributed by atoms with Crippen LogP contribution in [0.3, 0.4) is 0 Å². The lowest BCUT2D eigenvalue weighted by atomic mass is 10.1. The first-order valence-corrected chi connectivity index (χ1v) is 5.96. The average molecular weight is 278 g/mol. The minimum atomic E-state index is 0.155. The van der Waals surface area contributed by atoms with Gasteiger partial charge >= 0.3 is 0 Å². The molecule has 1 aromatic carbocycles. The molecule has 0 saturated heterocycles. The molecule has 0 spiro atoms. The van der Waals surface area contributed by atoms with Crippen LogP contribution < -0.4 is 5.73 Å². The van der Waals surface area contributed by atoms with Gasteiger partial charge in [-0.2, -0.15) is 5.26 Å². The number of halogens is 2. The molecule has 0 bridgehead atoms. The van der Waals surface area contributed by atoms with Gasteiger partial charge in [0.25, 0.3) is 0 Å². The third kappa shape index (κ3) is 2.40. The molecule has 18 heavy (non-hydrogen) atoms. The van der Waals surface area contributed by atoms with Crippen molar-refractivity contribution in [2.24, 2.45) is 0 Å². The normalized spacial score (nSPS) is 10.1. The molecule has 90 valence electrons. The van der Waals surface area contributed by atoms with E-state index in [-0.39, 0.29) is 6.42 Å². The lowest BCUT2D eigenvalue weighted by molar-refractivity contribution is 1.12. The number of nitrogen functional groups attached to an aromatic ring is 1. The number of pyridine rings is 1. The Hall–Kier alpha value is -1.76. The first kappa shape index (κ1) is 12.7. The molecule has 3 nitrogen and oxygen atoms in total. The molecule has 0 aliphatic carbocycles. The van der Waals surface area contributed by atoms with Crippen LogP contribution >= 0.6 is 23.2 Å². The first-order chi connectivity index (χ1) is 8.63. The summed E-state index contributed by atoms with van der Waals surface area (Å²) >= 11 is 12.2. The van der Waals surface area contributed by atoms with Gasteiger partial charge < -0.3 is 5.73 Å². The molecule has 0 amide bonds. The quantitative estimate of drug-likeness (QED) is 0.910. The minimum absolute atomic E-state index is 0.155. The van der Waals surface area contributed by atoms with Crippen LogP contribution in [0.1, 0.15) is 5.69 Å². The van der Waals surface area contributed by atoms with Gasteiger partial charge in [-0.15, -0.1) is 0 Å². The summed E-state index contributed by atoms with van der Waals surface area (Å²) in [7, 11) is 0. The zero-order chi connectivity index (χ0) is 13.1. The van der Waals surface area contributed by atoms with Crippen molar-refractivity contribution in [1.82, 2.24) is 4.98 Å². The van der Waals surface area contributed by atoms with E-state index in [9.17, 15) is 0 Å². The second-order valence-electron chi connectivity index (χ2n) is 3.66. The van der Waals surface area contributed by atoms with E-state index in [0.717, 1.165) is 0 Å². The van der Waals surface area contributed by atoms with E-state index in [1.807, 2.05) is 6.07 Å². The minimum Gasteiger partial charge on any atom is -0.397 e. The predicted octanol–water partition coefficient (Wildman–Crippen LogP) is 3.70. The largest absolute Gasteiger partial charge is 0.397 e. The molecule has 1 aromatic heterocycles. The van der Waals surface area contributed by atoms with E-state index in [0.29, 0.717) is 32.7 Å². The molecule has 0 atom stereocenters. The third-order valence-electron chi connectivity index (χ3n) is 2.47. The van der Waals surface area contributed by atoms with Crippen LogP contribution in [0.25, 0.3) is 11.3 Å². The van der Waals surface area contributed by atoms with Crippen molar-refractivity contribution < 1.29 is 0 Å². The van der Waals surface area contributed by atoms with Crippen LogP contribution in [0.5, 0.6) is 0 Å². The summed E-state index contributed by atoms with van der Waals surface area (Å²) < 4.78 is 0. The number of nitrogens with zero attached hydrogens (tertiary/aromatic N) is 2. The van der Waals surface area contributed by atoms with Crippen molar-refractivity contribution in [2.75, 3.05) is 5.73 Å². The van der Waals surface area contributed by atoms with Crippen molar-refractivity contribution in [3.05, 3.63) is 46.1 Å². The van der Waals surface area contributed by atoms with Gasteiger partial charge in [0.15, 0.2) is 0 Å². The number of hydrogen-bond donors (Lipinski definition) is 1. The standard InChI is InChI=1S/C13H9Cl2N3/c14-8-2-1-3-9(15)13(8)12-5-4-10(17)11(18-12)6-7-16/h1-5H,6,17H2. The molecule has 0 radical (unpaired) electrons. The van der Waals surface area contributed by atoms with E-state index in [2.05, 4.69) is 4.98 Å². The summed E-state index contributed by atoms with van der Waals surface area (Å²) in [6.45, 7) is 0. The van der Waals surface area contributed by atoms with Crippen LogP contribution in [0, 0.1) is 11.3 Å². The topological polar surface area (TPSA) is 62.7 Å². The van der Waals surface area contributed by atoms with Gasteiger partial charge in [-0.05, 0) is 24.3 Å². The fourth-order valence-electron chi connectivity index (χ4n) is 1.61. The molecular weight excluding hydrogens is 269 g/mol. The fourth-order valence-corrected chi connectivity index (χ4v) is 2.20. The number of rotatable bonds is 2. The molecule has 0 fully saturated rings. The van der Waals surface area contributed by atoms with E-state index in [1.165, 1.54) is 0 Å². The summed E-state index contributed by atoms with van der Waals surface area (Å²) in [5, 5.41) is 9.75. The number of nitrogens with two attached hydrogens (primary N) is 1. The summed E-state index contributed by atoms with van der Waals surface area (Å²) in [5.74, 6) is 0. The highest BCUT2D eigenvalue weighted by Gasteiger charge is 2.11. The highest BCUT2D eigenvalue weighted by molar-refractivity contribution is 6.39. The number of nitriles is 1. The van der Waals surface area contributed by atoms with Crippen LogP contribution in [0.15, 0.2) is 30.3 Å². The number of aromatic nitrogens is 1. The molecule has 2 N–H and O–H groups in total. The van der Waals surface area contributed by atoms with Crippen LogP contribution in [-0.2, 0) is 6.42 Å². The maximum Gasteiger partial charge on any atom is 0.0795 e. The Bertz CT molecular complexity index is 612. The Labute approximate surface area is 115 Å². The second-order valence-corrected chi connectivity index (χ2v) is 4.48. The van der Waals surface area contributed by atoms with Gasteiger partial charge in [0, 0.05) is 5.56 Å². The lowest BCUT2D eigenvalue weighted by Gasteiger charge is -2.08. The number of benzene rings is 1. The van der Waals surface area contributed by atoms with Gasteiger partial charge in [0.2, 0.25) is 0 Å². The summed E-state index contributed by atoms with van der Waals surface area (Å²) in [4.78, 5) is 4.34. The van der Waals surface area contributed by atoms with E-state index in [4.69, 9.17) is 34.2 Å². The van der Waals surface area contributed by atoms with Crippen molar-refractivity contribution in [2.45, 2.75) is 6.42 Å². The molecule has 1 heterocycles. The average Bonchev–Trinajstić information content (AvgIpc) is 2.33. The Morgan fingerprint density at radius 3 is 2.44 bits per heavy atom. The van der Waals surface area contributed by atoms with Gasteiger partial charge in [-0.1, -0.05) is 29.3 Å². The van der Waals surface area contributed by atoms with Crippen LogP contribution in [-0.4, -0.2) is 4.98 Å². The molecule has 0 saturated carbocycles. The highest BCUT2D eigenvalue weighted by Crippen LogP contribution is 2.34. The highest BCUT2D eigenvalue weighted by atomic mass is 35.5. The van der Waals surface area contributed by atoms with E-state index < -0.39 is 0 Å². The Morgan fingerprint density at radius 1 is 1.17 bits per heavy atom. The SMILES string of the molecule is N#CCc1nc(-c2c(Cl)cccc2Cl)ccc1N. The van der Waals surface area contributed by atoms with Crippen LogP contribution in [0.2, 0.25) is 10.0 Å². The number of anilines is 1. The monoisotopic (exact) mass is 277 g/mol. The van der Waals surface area contributed by atoms with Crippen molar-refractivity contribution in [3.8, 4) is 17.3 Å². The van der Waals surface area contributed by atoms with Gasteiger partial charge in [-0.3, -0.25) is 0 Å². The van der Waals surface area contributed by atoms with Gasteiger partial charge in [0.1, 0.15) is 0 Å². The summed E-state index contributed by atoms with van der Waals surface area (Å²) in [5.41, 5.74) is 8.04. The first-order valence-electron chi connectivity index (χ1n) is 5.20. The smallest absolute Gasteiger partial charge is 0.0795 e. The molecule has 0 aliphatic heterocycles. The Morgan fingerprint density at radius 2 is 1.83 bits per heavy atom. The fraction of sp³-hybridized carbons (Fsp3) is 0.0769. The zero-order valence-electron chi connectivity index (χ0n) is 9.32. The Kier molecular flexibility index (Phi) is 3.71. The maximum absolute atomic E-state index is 8.72. The lowest BCUT2D eigenvalue weighted by Crippen LogP contribution is -1.99. The summed E-state index contributed by atoms with van der Waals surface area (Å²) in [6.07, 6.45) is 0.155. The molecule has 5 heteroatoms. The van der Waals surface area contributed by atoms with Crippen molar-refractivity contribution in [3.63, 3.8) is 0 Å². The molecule has 0 aliphatic rings. The zero-order valence-corrected chi connectivity index (χ0v) is 10.8. The maximum atomic E-state index is 8.72. The van der Waals surface area contributed by atoms with Crippen molar-refractivity contribution in [1.29, 1.82) is 5.26 Å². The van der Waals surface area contributed by atoms with Crippen molar-refractivity contribution >= 4 is 28.9 Å². The van der Waals surface area contributed by atoms with Crippen LogP contribution in [0.4, 0.5) is 5.69 Å². The molecule has 2 rings (SSSR count). The van der Waals surface area contributed by atoms with E-state index >= 15 is 0 Å².